The number of hydrogen-bond acceptors (Lipinski definition) is 10. The molecule has 2 aromatic rings. The summed E-state index contributed by atoms with van der Waals surface area (Å²) in [5.74, 6) is 1.81. The first kappa shape index (κ1) is 37.0. The fourth-order valence-electron chi connectivity index (χ4n) is 4.63. The summed E-state index contributed by atoms with van der Waals surface area (Å²) in [6.07, 6.45) is 10.4. The maximum atomic E-state index is 11.1. The number of aryl methyl sites for hydroxylation is 1. The third kappa shape index (κ3) is 10.4. The van der Waals surface area contributed by atoms with Crippen LogP contribution in [-0.2, 0) is 16.0 Å². The lowest BCUT2D eigenvalue weighted by atomic mass is 9.96. The minimum Gasteiger partial charge on any atom is -0.391 e. The van der Waals surface area contributed by atoms with Crippen LogP contribution in [0.5, 0.6) is 0 Å². The van der Waals surface area contributed by atoms with Gasteiger partial charge in [-0.05, 0) is 44.9 Å². The molecule has 9 nitrogen and oxygen atoms in total. The highest BCUT2D eigenvalue weighted by atomic mass is 32.1. The van der Waals surface area contributed by atoms with Crippen molar-refractivity contribution in [1.82, 2.24) is 15.0 Å². The highest BCUT2D eigenvalue weighted by Gasteiger charge is 2.29. The van der Waals surface area contributed by atoms with E-state index in [1.165, 1.54) is 17.7 Å². The number of carbonyl (C=O) groups excluding carboxylic acids is 2. The molecular weight excluding hydrogens is 548 g/mol. The lowest BCUT2D eigenvalue weighted by molar-refractivity contribution is -0.109. The number of rotatable bonds is 13. The van der Waals surface area contributed by atoms with Crippen molar-refractivity contribution >= 4 is 41.9 Å². The average molecular weight is 601 g/mol. The van der Waals surface area contributed by atoms with Crippen LogP contribution in [0.15, 0.2) is 17.3 Å². The number of hydrogen-bond donors (Lipinski definition) is 3. The molecule has 10 heteroatoms. The van der Waals surface area contributed by atoms with Gasteiger partial charge in [0.15, 0.2) is 0 Å². The highest BCUT2D eigenvalue weighted by Crippen LogP contribution is 2.38. The van der Waals surface area contributed by atoms with Gasteiger partial charge in [0, 0.05) is 36.5 Å². The van der Waals surface area contributed by atoms with E-state index < -0.39 is 6.10 Å². The molecule has 0 amide bonds. The Labute approximate surface area is 256 Å². The van der Waals surface area contributed by atoms with Crippen LogP contribution in [0, 0.1) is 18.8 Å². The standard InChI is InChI=1S/C27H38N6O2S.2C2H6.CH2O/c1-5-8-20-24-22(9-7-13-28-20)36-26(32-24)23-17(4)31-27(30-16(3)19-10-11-19)33-25(23)29-15-21(35)18(6-2)12-14-34;3*1-2/h7,13-14,16,18-19,21,35H,5-6,8-12,15H2,1-4H3,(H2,29,30,31,33);2*1-2H3;1H2/t16-,18?,21+;;;/m1.../s1. The van der Waals surface area contributed by atoms with E-state index in [-0.39, 0.29) is 5.92 Å². The number of anilines is 2. The Morgan fingerprint density at radius 3 is 2.43 bits per heavy atom. The number of aliphatic hydroxyl groups excluding tert-OH is 1. The van der Waals surface area contributed by atoms with E-state index in [1.54, 1.807) is 11.3 Å². The minimum absolute atomic E-state index is 0.0932. The zero-order valence-electron chi connectivity index (χ0n) is 26.9. The van der Waals surface area contributed by atoms with Gasteiger partial charge in [-0.25, -0.2) is 9.97 Å². The van der Waals surface area contributed by atoms with Crippen LogP contribution < -0.4 is 10.6 Å². The van der Waals surface area contributed by atoms with Gasteiger partial charge in [-0.1, -0.05) is 60.5 Å². The van der Waals surface area contributed by atoms with Gasteiger partial charge in [0.05, 0.1) is 28.8 Å². The molecule has 2 aliphatic rings. The van der Waals surface area contributed by atoms with Gasteiger partial charge in [0.2, 0.25) is 5.95 Å². The Morgan fingerprint density at radius 1 is 1.14 bits per heavy atom. The Bertz CT molecular complexity index is 1150. The smallest absolute Gasteiger partial charge is 0.225 e. The molecule has 2 aromatic heterocycles. The van der Waals surface area contributed by atoms with Crippen molar-refractivity contribution < 1.29 is 14.7 Å². The third-order valence-corrected chi connectivity index (χ3v) is 8.13. The molecule has 3 heterocycles. The second-order valence-corrected chi connectivity index (χ2v) is 10.9. The van der Waals surface area contributed by atoms with Gasteiger partial charge in [0.1, 0.15) is 23.9 Å². The molecule has 0 bridgehead atoms. The molecule has 234 valence electrons. The van der Waals surface area contributed by atoms with Gasteiger partial charge >= 0.3 is 0 Å². The predicted octanol–water partition coefficient (Wildman–Crippen LogP) is 7.03. The van der Waals surface area contributed by atoms with Crippen LogP contribution >= 0.6 is 11.3 Å². The summed E-state index contributed by atoms with van der Waals surface area (Å²) in [5.41, 5.74) is 3.67. The van der Waals surface area contributed by atoms with Crippen molar-refractivity contribution in [1.29, 1.82) is 0 Å². The first-order valence-corrected chi connectivity index (χ1v) is 16.3. The molecule has 3 atom stereocenters. The predicted molar refractivity (Wildman–Crippen MR) is 177 cm³/mol. The molecule has 1 aliphatic carbocycles. The van der Waals surface area contributed by atoms with Crippen LogP contribution in [0.25, 0.3) is 10.6 Å². The van der Waals surface area contributed by atoms with Crippen LogP contribution in [-0.4, -0.2) is 57.5 Å². The van der Waals surface area contributed by atoms with Crippen LogP contribution in [0.4, 0.5) is 11.8 Å². The van der Waals surface area contributed by atoms with Gasteiger partial charge < -0.3 is 25.3 Å². The van der Waals surface area contributed by atoms with Crippen molar-refractivity contribution in [2.45, 2.75) is 112 Å². The molecule has 1 fully saturated rings. The lowest BCUT2D eigenvalue weighted by Gasteiger charge is -2.22. The van der Waals surface area contributed by atoms with E-state index in [9.17, 15) is 9.90 Å². The number of aliphatic imine (C=N–C) groups is 1. The first-order valence-electron chi connectivity index (χ1n) is 15.5. The van der Waals surface area contributed by atoms with Crippen LogP contribution in [0.2, 0.25) is 0 Å². The molecule has 1 saturated carbocycles. The number of nitrogens with one attached hydrogen (secondary N) is 2. The number of fused-ring (bicyclic) bond motifs is 1. The maximum Gasteiger partial charge on any atom is 0.225 e. The highest BCUT2D eigenvalue weighted by molar-refractivity contribution is 7.15. The van der Waals surface area contributed by atoms with E-state index in [0.717, 1.165) is 59.6 Å². The quantitative estimate of drug-likeness (QED) is 0.209. The fraction of sp³-hybridized carbons (Fsp3) is 0.625. The van der Waals surface area contributed by atoms with Gasteiger partial charge in [-0.3, -0.25) is 4.99 Å². The summed E-state index contributed by atoms with van der Waals surface area (Å²) in [6.45, 7) is 18.6. The van der Waals surface area contributed by atoms with Gasteiger partial charge in [0.25, 0.3) is 0 Å². The molecule has 42 heavy (non-hydrogen) atoms. The van der Waals surface area contributed by atoms with E-state index in [0.29, 0.717) is 36.7 Å². The summed E-state index contributed by atoms with van der Waals surface area (Å²) in [6, 6.07) is 0.307. The van der Waals surface area contributed by atoms with E-state index >= 15 is 0 Å². The molecule has 4 rings (SSSR count). The second-order valence-electron chi connectivity index (χ2n) is 9.85. The maximum absolute atomic E-state index is 11.1. The summed E-state index contributed by atoms with van der Waals surface area (Å²) in [4.78, 5) is 39.6. The number of allylic oxidation sites excluding steroid dienone is 1. The molecule has 0 saturated heterocycles. The Balaban J connectivity index is 0.00000138. The molecule has 0 aromatic carbocycles. The Morgan fingerprint density at radius 2 is 1.83 bits per heavy atom. The molecular formula is C32H52N6O3S. The molecule has 0 spiro atoms. The van der Waals surface area contributed by atoms with Crippen molar-refractivity contribution in [3.05, 3.63) is 28.5 Å². The summed E-state index contributed by atoms with van der Waals surface area (Å²) in [7, 11) is 0. The molecule has 1 aliphatic heterocycles. The topological polar surface area (TPSA) is 129 Å². The largest absolute Gasteiger partial charge is 0.391 e. The Kier molecular flexibility index (Phi) is 17.7. The number of nitrogens with zero attached hydrogens (tertiary/aromatic N) is 4. The van der Waals surface area contributed by atoms with Gasteiger partial charge in [-0.15, -0.1) is 11.3 Å². The van der Waals surface area contributed by atoms with Crippen LogP contribution in [0.1, 0.15) is 103 Å². The normalized spacial score (nSPS) is 15.4. The Hall–Kier alpha value is -2.98. The lowest BCUT2D eigenvalue weighted by Crippen LogP contribution is -2.29. The third-order valence-electron chi connectivity index (χ3n) is 7.03. The number of aliphatic hydroxyl groups is 1. The van der Waals surface area contributed by atoms with Crippen molar-refractivity contribution in [2.24, 2.45) is 16.8 Å². The SMILES string of the molecule is C=O.CC.CC.CCCC1=NC=CCc2sc(-c3c(C)nc(N[C@H](C)C4CC4)nc3NC[C@H](O)C(CC)CC=O)nc21. The first-order chi connectivity index (χ1) is 20.4. The average Bonchev–Trinajstić information content (AvgIpc) is 3.82. The summed E-state index contributed by atoms with van der Waals surface area (Å²) < 4.78 is 0. The number of aldehydes is 1. The minimum atomic E-state index is -0.661. The number of carbonyl (C=O) groups is 2. The number of aromatic nitrogens is 3. The van der Waals surface area contributed by atoms with Gasteiger partial charge in [-0.2, -0.15) is 4.98 Å². The van der Waals surface area contributed by atoms with E-state index in [4.69, 9.17) is 19.7 Å². The zero-order chi connectivity index (χ0) is 31.7. The van der Waals surface area contributed by atoms with E-state index in [1.807, 2.05) is 54.5 Å². The van der Waals surface area contributed by atoms with E-state index in [2.05, 4.69) is 35.5 Å². The zero-order valence-corrected chi connectivity index (χ0v) is 27.7. The number of thiazole rings is 1. The molecule has 3 N–H and O–H groups in total. The second kappa shape index (κ2) is 20.0. The monoisotopic (exact) mass is 600 g/mol. The molecule has 0 radical (unpaired) electrons. The summed E-state index contributed by atoms with van der Waals surface area (Å²) in [5, 5.41) is 18.5. The van der Waals surface area contributed by atoms with Crippen molar-refractivity contribution in [2.75, 3.05) is 17.2 Å². The van der Waals surface area contributed by atoms with Crippen molar-refractivity contribution in [3.8, 4) is 10.6 Å². The summed E-state index contributed by atoms with van der Waals surface area (Å²) >= 11 is 1.66. The fourth-order valence-corrected chi connectivity index (χ4v) is 5.79. The molecule has 1 unspecified atom stereocenters. The van der Waals surface area contributed by atoms with Crippen LogP contribution in [0.3, 0.4) is 0 Å². The van der Waals surface area contributed by atoms with Crippen molar-refractivity contribution in [3.63, 3.8) is 0 Å².